The van der Waals surface area contributed by atoms with Crippen molar-refractivity contribution in [1.82, 2.24) is 4.72 Å². The van der Waals surface area contributed by atoms with Crippen molar-refractivity contribution in [3.8, 4) is 5.75 Å². The molecule has 2 unspecified atom stereocenters. The average Bonchev–Trinajstić information content (AvgIpc) is 2.31. The van der Waals surface area contributed by atoms with Crippen molar-refractivity contribution in [3.05, 3.63) is 18.2 Å². The number of aromatic hydroxyl groups is 1. The number of nitrogens with one attached hydrogen (secondary N) is 1. The molecule has 0 aliphatic carbocycles. The lowest BCUT2D eigenvalue weighted by Crippen LogP contribution is -2.33. The Kier molecular flexibility index (Phi) is 5.20. The van der Waals surface area contributed by atoms with Crippen LogP contribution >= 0.6 is 0 Å². The number of nitrogens with two attached hydrogens (primary N) is 1. The van der Waals surface area contributed by atoms with Gasteiger partial charge in [0.25, 0.3) is 0 Å². The van der Waals surface area contributed by atoms with E-state index in [0.717, 1.165) is 12.8 Å². The van der Waals surface area contributed by atoms with Gasteiger partial charge in [-0.15, -0.1) is 0 Å². The first-order chi connectivity index (χ1) is 8.76. The molecule has 0 saturated heterocycles. The van der Waals surface area contributed by atoms with Crippen molar-refractivity contribution in [2.75, 3.05) is 5.73 Å². The Bertz CT molecular complexity index is 529. The van der Waals surface area contributed by atoms with E-state index in [9.17, 15) is 13.5 Å². The molecule has 108 valence electrons. The Hall–Kier alpha value is -1.27. The third-order valence-corrected chi connectivity index (χ3v) is 4.71. The number of hydrogen-bond acceptors (Lipinski definition) is 4. The van der Waals surface area contributed by atoms with Gasteiger partial charge in [0.1, 0.15) is 5.75 Å². The van der Waals surface area contributed by atoms with Crippen molar-refractivity contribution in [1.29, 1.82) is 0 Å². The van der Waals surface area contributed by atoms with E-state index in [-0.39, 0.29) is 22.4 Å². The van der Waals surface area contributed by atoms with Crippen LogP contribution in [0.3, 0.4) is 0 Å². The minimum Gasteiger partial charge on any atom is -0.506 e. The van der Waals surface area contributed by atoms with Crippen LogP contribution in [0.5, 0.6) is 5.75 Å². The standard InChI is InChI=1S/C13H22N2O3S/c1-4-9(2)7-10(3)15-19(17,18)11-5-6-13(16)12(14)8-11/h5-6,8-10,15-16H,4,7,14H2,1-3H3. The van der Waals surface area contributed by atoms with Gasteiger partial charge >= 0.3 is 0 Å². The normalized spacial score (nSPS) is 15.1. The van der Waals surface area contributed by atoms with Crippen molar-refractivity contribution < 1.29 is 13.5 Å². The SMILES string of the molecule is CCC(C)CC(C)NS(=O)(=O)c1ccc(O)c(N)c1. The van der Waals surface area contributed by atoms with Crippen LogP contribution in [-0.2, 0) is 10.0 Å². The summed E-state index contributed by atoms with van der Waals surface area (Å²) in [6.45, 7) is 6.00. The zero-order valence-electron chi connectivity index (χ0n) is 11.6. The van der Waals surface area contributed by atoms with Crippen molar-refractivity contribution in [2.24, 2.45) is 5.92 Å². The second-order valence-corrected chi connectivity index (χ2v) is 6.71. The first kappa shape index (κ1) is 15.8. The molecule has 1 aromatic carbocycles. The van der Waals surface area contributed by atoms with Crippen LogP contribution in [0, 0.1) is 5.92 Å². The van der Waals surface area contributed by atoms with Gasteiger partial charge in [-0.1, -0.05) is 20.3 Å². The van der Waals surface area contributed by atoms with Crippen LogP contribution in [-0.4, -0.2) is 19.6 Å². The van der Waals surface area contributed by atoms with Gasteiger partial charge in [0, 0.05) is 6.04 Å². The van der Waals surface area contributed by atoms with Crippen LogP contribution in [0.25, 0.3) is 0 Å². The highest BCUT2D eigenvalue weighted by Gasteiger charge is 2.19. The number of phenols is 1. The maximum atomic E-state index is 12.1. The maximum Gasteiger partial charge on any atom is 0.240 e. The number of sulfonamides is 1. The Labute approximate surface area is 114 Å². The van der Waals surface area contributed by atoms with E-state index in [1.165, 1.54) is 18.2 Å². The zero-order valence-corrected chi connectivity index (χ0v) is 12.4. The number of rotatable bonds is 6. The summed E-state index contributed by atoms with van der Waals surface area (Å²) in [6, 6.07) is 3.73. The fourth-order valence-corrected chi connectivity index (χ4v) is 3.14. The summed E-state index contributed by atoms with van der Waals surface area (Å²) in [6.07, 6.45) is 1.79. The summed E-state index contributed by atoms with van der Waals surface area (Å²) in [5, 5.41) is 9.30. The van der Waals surface area contributed by atoms with Crippen molar-refractivity contribution in [3.63, 3.8) is 0 Å². The summed E-state index contributed by atoms with van der Waals surface area (Å²) in [5.74, 6) is 0.342. The largest absolute Gasteiger partial charge is 0.506 e. The molecular formula is C13H22N2O3S. The molecule has 0 fully saturated rings. The highest BCUT2D eigenvalue weighted by Crippen LogP contribution is 2.23. The van der Waals surface area contributed by atoms with Crippen LogP contribution in [0.15, 0.2) is 23.1 Å². The zero-order chi connectivity index (χ0) is 14.6. The number of hydrogen-bond donors (Lipinski definition) is 3. The molecule has 2 atom stereocenters. The summed E-state index contributed by atoms with van der Waals surface area (Å²) in [5.41, 5.74) is 5.56. The van der Waals surface area contributed by atoms with Gasteiger partial charge in [0.2, 0.25) is 10.0 Å². The van der Waals surface area contributed by atoms with Crippen molar-refractivity contribution in [2.45, 2.75) is 44.6 Å². The Morgan fingerprint density at radius 3 is 2.53 bits per heavy atom. The molecule has 0 spiro atoms. The lowest BCUT2D eigenvalue weighted by Gasteiger charge is -2.17. The lowest BCUT2D eigenvalue weighted by atomic mass is 10.0. The van der Waals surface area contributed by atoms with E-state index in [4.69, 9.17) is 5.73 Å². The van der Waals surface area contributed by atoms with Crippen molar-refractivity contribution >= 4 is 15.7 Å². The predicted octanol–water partition coefficient (Wildman–Crippen LogP) is 2.08. The van der Waals surface area contributed by atoms with E-state index < -0.39 is 10.0 Å². The summed E-state index contributed by atoms with van der Waals surface area (Å²) in [7, 11) is -3.59. The summed E-state index contributed by atoms with van der Waals surface area (Å²) in [4.78, 5) is 0.0683. The second-order valence-electron chi connectivity index (χ2n) is 4.99. The second kappa shape index (κ2) is 6.25. The average molecular weight is 286 g/mol. The molecule has 5 nitrogen and oxygen atoms in total. The number of phenolic OH excluding ortho intramolecular Hbond substituents is 1. The topological polar surface area (TPSA) is 92.4 Å². The highest BCUT2D eigenvalue weighted by atomic mass is 32.2. The first-order valence-corrected chi connectivity index (χ1v) is 7.85. The van der Waals surface area contributed by atoms with Gasteiger partial charge in [-0.2, -0.15) is 0 Å². The van der Waals surface area contributed by atoms with Crippen LogP contribution in [0.1, 0.15) is 33.6 Å². The molecule has 0 radical (unpaired) electrons. The number of nitrogen functional groups attached to an aromatic ring is 1. The Morgan fingerprint density at radius 1 is 1.37 bits per heavy atom. The maximum absolute atomic E-state index is 12.1. The van der Waals surface area contributed by atoms with E-state index in [2.05, 4.69) is 18.6 Å². The molecule has 0 aliphatic rings. The summed E-state index contributed by atoms with van der Waals surface area (Å²) < 4.78 is 26.9. The molecule has 1 rings (SSSR count). The smallest absolute Gasteiger partial charge is 0.240 e. The molecule has 0 bridgehead atoms. The third kappa shape index (κ3) is 4.40. The minimum absolute atomic E-state index is 0.0532. The fraction of sp³-hybridized carbons (Fsp3) is 0.538. The fourth-order valence-electron chi connectivity index (χ4n) is 1.85. The molecule has 0 saturated carbocycles. The van der Waals surface area contributed by atoms with Gasteiger partial charge in [-0.05, 0) is 37.5 Å². The Balaban J connectivity index is 2.83. The number of benzene rings is 1. The highest BCUT2D eigenvalue weighted by molar-refractivity contribution is 7.89. The van der Waals surface area contributed by atoms with Gasteiger partial charge in [-0.3, -0.25) is 0 Å². The van der Waals surface area contributed by atoms with Gasteiger partial charge in [0.05, 0.1) is 10.6 Å². The van der Waals surface area contributed by atoms with E-state index in [1.807, 2.05) is 6.92 Å². The van der Waals surface area contributed by atoms with Gasteiger partial charge < -0.3 is 10.8 Å². The van der Waals surface area contributed by atoms with Crippen LogP contribution < -0.4 is 10.5 Å². The van der Waals surface area contributed by atoms with E-state index >= 15 is 0 Å². The van der Waals surface area contributed by atoms with E-state index in [0.29, 0.717) is 5.92 Å². The molecule has 19 heavy (non-hydrogen) atoms. The number of anilines is 1. The molecule has 0 aliphatic heterocycles. The monoisotopic (exact) mass is 286 g/mol. The van der Waals surface area contributed by atoms with Gasteiger partial charge in [0.15, 0.2) is 0 Å². The quantitative estimate of drug-likeness (QED) is 0.551. The third-order valence-electron chi connectivity index (χ3n) is 3.12. The minimum atomic E-state index is -3.59. The molecule has 6 heteroatoms. The predicted molar refractivity (Wildman–Crippen MR) is 76.4 cm³/mol. The molecule has 0 heterocycles. The molecular weight excluding hydrogens is 264 g/mol. The lowest BCUT2D eigenvalue weighted by molar-refractivity contribution is 0.445. The molecule has 0 amide bonds. The van der Waals surface area contributed by atoms with Gasteiger partial charge in [-0.25, -0.2) is 13.1 Å². The Morgan fingerprint density at radius 2 is 2.00 bits per heavy atom. The van der Waals surface area contributed by atoms with Crippen LogP contribution in [0.4, 0.5) is 5.69 Å². The van der Waals surface area contributed by atoms with E-state index in [1.54, 1.807) is 0 Å². The summed E-state index contributed by atoms with van der Waals surface area (Å²) >= 11 is 0. The first-order valence-electron chi connectivity index (χ1n) is 6.37. The molecule has 4 N–H and O–H groups in total. The molecule has 0 aromatic heterocycles. The molecule has 1 aromatic rings. The van der Waals surface area contributed by atoms with Crippen LogP contribution in [0.2, 0.25) is 0 Å².